The molecule has 0 saturated carbocycles. The second-order valence-electron chi connectivity index (χ2n) is 9.69. The van der Waals surface area contributed by atoms with Gasteiger partial charge in [-0.05, 0) is 70.9 Å². The molecular weight excluding hydrogens is 401 g/mol. The van der Waals surface area contributed by atoms with Gasteiger partial charge in [-0.3, -0.25) is 0 Å². The molecule has 1 aliphatic rings. The van der Waals surface area contributed by atoms with Crippen LogP contribution >= 0.6 is 0 Å². The van der Waals surface area contributed by atoms with E-state index in [0.717, 1.165) is 30.5 Å². The molecule has 2 aromatic carbocycles. The molecule has 0 spiro atoms. The van der Waals surface area contributed by atoms with E-state index in [0.29, 0.717) is 12.8 Å². The Morgan fingerprint density at radius 3 is 2.26 bits per heavy atom. The summed E-state index contributed by atoms with van der Waals surface area (Å²) < 4.78 is 39.0. The van der Waals surface area contributed by atoms with Gasteiger partial charge in [0.2, 0.25) is 0 Å². The van der Waals surface area contributed by atoms with Crippen LogP contribution in [0.2, 0.25) is 0 Å². The molecule has 3 rings (SSSR count). The number of carboxylic acids is 1. The number of carbonyl (C=O) groups is 1. The second kappa shape index (κ2) is 8.18. The first-order valence-corrected chi connectivity index (χ1v) is 10.6. The summed E-state index contributed by atoms with van der Waals surface area (Å²) in [5, 5.41) is 9.55. The Balaban J connectivity index is 1.84. The summed E-state index contributed by atoms with van der Waals surface area (Å²) in [6.07, 6.45) is 0.304. The molecule has 0 unspecified atom stereocenters. The molecule has 0 radical (unpaired) electrons. The van der Waals surface area contributed by atoms with Crippen molar-refractivity contribution in [3.63, 3.8) is 0 Å². The Labute approximate surface area is 181 Å². The van der Waals surface area contributed by atoms with E-state index in [1.807, 2.05) is 0 Å². The van der Waals surface area contributed by atoms with E-state index in [1.165, 1.54) is 29.3 Å². The maximum atomic E-state index is 13.0. The molecule has 0 aliphatic heterocycles. The number of hydrogen-bond donors (Lipinski definition) is 1. The van der Waals surface area contributed by atoms with Crippen molar-refractivity contribution in [2.24, 2.45) is 0 Å². The van der Waals surface area contributed by atoms with Gasteiger partial charge in [-0.2, -0.15) is 13.2 Å². The van der Waals surface area contributed by atoms with Crippen LogP contribution in [0.25, 0.3) is 5.57 Å². The minimum atomic E-state index is -4.51. The molecule has 0 aromatic heterocycles. The summed E-state index contributed by atoms with van der Waals surface area (Å²) in [6.45, 7) is 9.03. The van der Waals surface area contributed by atoms with E-state index < -0.39 is 17.7 Å². The standard InChI is InChI=1S/C26H29F3O2/c1-24(2)13-14-25(3,4)22-15-17(11-12-21(22)24)7-5-10-20(23(30)31)18-8-6-9-19(16-18)26(27,28)29/h6,8-12,15-16H,5,7,13-14H2,1-4H3,(H,30,31)/b20-10+. The quantitative estimate of drug-likeness (QED) is 0.511. The van der Waals surface area contributed by atoms with Crippen LogP contribution in [0.15, 0.2) is 48.5 Å². The van der Waals surface area contributed by atoms with Crippen LogP contribution in [0, 0.1) is 0 Å². The van der Waals surface area contributed by atoms with E-state index >= 15 is 0 Å². The van der Waals surface area contributed by atoms with Crippen molar-refractivity contribution in [1.82, 2.24) is 0 Å². The maximum Gasteiger partial charge on any atom is 0.416 e. The lowest BCUT2D eigenvalue weighted by Crippen LogP contribution is -2.33. The SMILES string of the molecule is CC1(C)CCC(C)(C)c2cc(CC/C=C(/C(=O)O)c3cccc(C(F)(F)F)c3)ccc21. The van der Waals surface area contributed by atoms with Gasteiger partial charge in [-0.15, -0.1) is 0 Å². The molecule has 0 heterocycles. The Morgan fingerprint density at radius 1 is 1.00 bits per heavy atom. The molecule has 2 aromatic rings. The van der Waals surface area contributed by atoms with Crippen molar-refractivity contribution in [3.8, 4) is 0 Å². The average molecular weight is 431 g/mol. The van der Waals surface area contributed by atoms with Crippen LogP contribution in [0.1, 0.15) is 74.8 Å². The molecule has 2 nitrogen and oxygen atoms in total. The number of fused-ring (bicyclic) bond motifs is 1. The third-order valence-corrected chi connectivity index (χ3v) is 6.43. The van der Waals surface area contributed by atoms with Gasteiger partial charge in [0.25, 0.3) is 0 Å². The number of alkyl halides is 3. The topological polar surface area (TPSA) is 37.3 Å². The molecule has 1 N–H and O–H groups in total. The lowest BCUT2D eigenvalue weighted by atomic mass is 9.63. The van der Waals surface area contributed by atoms with Crippen LogP contribution in [-0.4, -0.2) is 11.1 Å². The highest BCUT2D eigenvalue weighted by Crippen LogP contribution is 2.46. The van der Waals surface area contributed by atoms with E-state index in [4.69, 9.17) is 0 Å². The van der Waals surface area contributed by atoms with E-state index in [9.17, 15) is 23.1 Å². The molecule has 166 valence electrons. The highest BCUT2D eigenvalue weighted by Gasteiger charge is 2.36. The largest absolute Gasteiger partial charge is 0.478 e. The smallest absolute Gasteiger partial charge is 0.416 e. The molecule has 0 fully saturated rings. The zero-order valence-corrected chi connectivity index (χ0v) is 18.4. The fourth-order valence-corrected chi connectivity index (χ4v) is 4.37. The summed E-state index contributed by atoms with van der Waals surface area (Å²) in [7, 11) is 0. The van der Waals surface area contributed by atoms with Crippen molar-refractivity contribution < 1.29 is 23.1 Å². The van der Waals surface area contributed by atoms with Crippen LogP contribution in [0.4, 0.5) is 13.2 Å². The van der Waals surface area contributed by atoms with Gasteiger partial charge >= 0.3 is 12.1 Å². The highest BCUT2D eigenvalue weighted by atomic mass is 19.4. The maximum absolute atomic E-state index is 13.0. The summed E-state index contributed by atoms with van der Waals surface area (Å²) >= 11 is 0. The number of carboxylic acid groups (broad SMARTS) is 1. The number of aliphatic carboxylic acids is 1. The lowest BCUT2D eigenvalue weighted by Gasteiger charge is -2.42. The van der Waals surface area contributed by atoms with E-state index in [1.54, 1.807) is 0 Å². The van der Waals surface area contributed by atoms with Gasteiger partial charge in [0.15, 0.2) is 0 Å². The number of hydrogen-bond acceptors (Lipinski definition) is 1. The molecule has 5 heteroatoms. The van der Waals surface area contributed by atoms with Crippen molar-refractivity contribution in [1.29, 1.82) is 0 Å². The van der Waals surface area contributed by atoms with Gasteiger partial charge in [0.1, 0.15) is 0 Å². The fraction of sp³-hybridized carbons (Fsp3) is 0.423. The number of rotatable bonds is 5. The van der Waals surface area contributed by atoms with E-state index in [2.05, 4.69) is 45.9 Å². The Morgan fingerprint density at radius 2 is 1.65 bits per heavy atom. The molecule has 0 amide bonds. The predicted octanol–water partition coefficient (Wildman–Crippen LogP) is 7.16. The van der Waals surface area contributed by atoms with Gasteiger partial charge in [-0.25, -0.2) is 4.79 Å². The first-order chi connectivity index (χ1) is 14.3. The summed E-state index contributed by atoms with van der Waals surface area (Å²) in [5.41, 5.74) is 3.12. The third kappa shape index (κ3) is 5.03. The molecule has 0 saturated heterocycles. The Kier molecular flexibility index (Phi) is 6.09. The van der Waals surface area contributed by atoms with Crippen molar-refractivity contribution in [2.75, 3.05) is 0 Å². The minimum Gasteiger partial charge on any atom is -0.478 e. The summed E-state index contributed by atoms with van der Waals surface area (Å²) in [4.78, 5) is 11.7. The predicted molar refractivity (Wildman–Crippen MR) is 117 cm³/mol. The third-order valence-electron chi connectivity index (χ3n) is 6.43. The molecular formula is C26H29F3O2. The molecule has 0 bridgehead atoms. The first kappa shape index (κ1) is 23.1. The van der Waals surface area contributed by atoms with Gasteiger partial charge in [0.05, 0.1) is 11.1 Å². The van der Waals surface area contributed by atoms with Gasteiger partial charge in [-0.1, -0.05) is 64.1 Å². The fourth-order valence-electron chi connectivity index (χ4n) is 4.37. The highest BCUT2D eigenvalue weighted by molar-refractivity contribution is 6.15. The first-order valence-electron chi connectivity index (χ1n) is 10.6. The second-order valence-corrected chi connectivity index (χ2v) is 9.69. The number of allylic oxidation sites excluding steroid dienone is 1. The van der Waals surface area contributed by atoms with E-state index in [-0.39, 0.29) is 22.0 Å². The molecule has 0 atom stereocenters. The molecule has 1 aliphatic carbocycles. The van der Waals surface area contributed by atoms with Gasteiger partial charge in [0, 0.05) is 0 Å². The van der Waals surface area contributed by atoms with Crippen LogP contribution < -0.4 is 0 Å². The summed E-state index contributed by atoms with van der Waals surface area (Å²) in [6, 6.07) is 11.0. The normalized spacial score (nSPS) is 17.8. The monoisotopic (exact) mass is 430 g/mol. The number of halogens is 3. The van der Waals surface area contributed by atoms with Crippen LogP contribution in [0.5, 0.6) is 0 Å². The van der Waals surface area contributed by atoms with Crippen molar-refractivity contribution >= 4 is 11.5 Å². The number of benzene rings is 2. The van der Waals surface area contributed by atoms with Crippen molar-refractivity contribution in [3.05, 3.63) is 76.4 Å². The Bertz CT molecular complexity index is 1010. The summed E-state index contributed by atoms with van der Waals surface area (Å²) in [5.74, 6) is -1.23. The minimum absolute atomic E-state index is 0.0654. The van der Waals surface area contributed by atoms with Crippen LogP contribution in [0.3, 0.4) is 0 Å². The van der Waals surface area contributed by atoms with Crippen LogP contribution in [-0.2, 0) is 28.2 Å². The lowest BCUT2D eigenvalue weighted by molar-refractivity contribution is -0.137. The molecule has 31 heavy (non-hydrogen) atoms. The van der Waals surface area contributed by atoms with Gasteiger partial charge < -0.3 is 5.11 Å². The van der Waals surface area contributed by atoms with Crippen molar-refractivity contribution in [2.45, 2.75) is 70.4 Å². The average Bonchev–Trinajstić information content (AvgIpc) is 2.68. The zero-order valence-electron chi connectivity index (χ0n) is 18.4. The zero-order chi connectivity index (χ0) is 23.0. The number of aryl methyl sites for hydroxylation is 1. The Hall–Kier alpha value is -2.56.